The Balaban J connectivity index is 1.15. The standard InChI is InChI=1S/C25H20ClN3O4/c26-13-5-7-27-14(9-13)10-15(30)11-19-23-18-12-16(1-3-20(18)33-24(19)23)32-21-6-8-28-25-17(21)2-4-22(31)29-25/h1,3,5-9,12,19,23-24H,2,4,10-11H2,(H,28,29,31)/t19-,23-,24+/m0/s1. The number of ether oxygens (including phenoxy) is 2. The molecule has 3 aromatic rings. The largest absolute Gasteiger partial charge is 0.489 e. The SMILES string of the molecule is O=C(Cc1cc(Cl)ccn1)C[C@@H]1[C@H]2Oc3ccc(Oc4ccnc5c4CCC(=O)N5)cc3[C@@H]12. The lowest BCUT2D eigenvalue weighted by atomic mass is 10.0. The highest BCUT2D eigenvalue weighted by Crippen LogP contribution is 2.60. The monoisotopic (exact) mass is 461 g/mol. The Morgan fingerprint density at radius 2 is 2.03 bits per heavy atom. The third-order valence-corrected chi connectivity index (χ3v) is 6.66. The Morgan fingerprint density at radius 3 is 2.91 bits per heavy atom. The Kier molecular flexibility index (Phi) is 4.80. The highest BCUT2D eigenvalue weighted by molar-refractivity contribution is 6.30. The van der Waals surface area contributed by atoms with Crippen LogP contribution in [0.2, 0.25) is 5.02 Å². The molecule has 8 heteroatoms. The number of rotatable bonds is 6. The van der Waals surface area contributed by atoms with Gasteiger partial charge in [0, 0.05) is 65.3 Å². The van der Waals surface area contributed by atoms with Gasteiger partial charge in [-0.3, -0.25) is 14.6 Å². The lowest BCUT2D eigenvalue weighted by Crippen LogP contribution is -2.20. The maximum absolute atomic E-state index is 12.6. The van der Waals surface area contributed by atoms with E-state index in [0.29, 0.717) is 47.3 Å². The maximum atomic E-state index is 12.6. The van der Waals surface area contributed by atoms with E-state index in [-0.39, 0.29) is 36.1 Å². The van der Waals surface area contributed by atoms with E-state index in [0.717, 1.165) is 16.9 Å². The van der Waals surface area contributed by atoms with Crippen molar-refractivity contribution in [1.29, 1.82) is 0 Å². The van der Waals surface area contributed by atoms with Gasteiger partial charge in [0.05, 0.1) is 0 Å². The van der Waals surface area contributed by atoms with Gasteiger partial charge < -0.3 is 14.8 Å². The molecule has 1 aromatic carbocycles. The van der Waals surface area contributed by atoms with Crippen LogP contribution in [-0.4, -0.2) is 27.8 Å². The Hall–Kier alpha value is -3.45. The predicted molar refractivity (Wildman–Crippen MR) is 121 cm³/mol. The first kappa shape index (κ1) is 20.2. The zero-order valence-electron chi connectivity index (χ0n) is 17.6. The second-order valence-corrected chi connectivity index (χ2v) is 9.08. The lowest BCUT2D eigenvalue weighted by molar-refractivity contribution is -0.119. The third-order valence-electron chi connectivity index (χ3n) is 6.42. The topological polar surface area (TPSA) is 90.4 Å². The van der Waals surface area contributed by atoms with Gasteiger partial charge in [-0.15, -0.1) is 0 Å². The van der Waals surface area contributed by atoms with Crippen molar-refractivity contribution in [3.05, 3.63) is 70.6 Å². The van der Waals surface area contributed by atoms with Crippen LogP contribution in [0.15, 0.2) is 48.8 Å². The molecule has 4 heterocycles. The smallest absolute Gasteiger partial charge is 0.225 e. The van der Waals surface area contributed by atoms with E-state index in [1.54, 1.807) is 24.5 Å². The third kappa shape index (κ3) is 3.82. The summed E-state index contributed by atoms with van der Waals surface area (Å²) in [5.41, 5.74) is 2.66. The zero-order valence-corrected chi connectivity index (χ0v) is 18.3. The maximum Gasteiger partial charge on any atom is 0.225 e. The quantitative estimate of drug-likeness (QED) is 0.582. The van der Waals surface area contributed by atoms with Gasteiger partial charge in [-0.1, -0.05) is 11.6 Å². The first-order chi connectivity index (χ1) is 16.0. The number of amides is 1. The number of nitrogens with zero attached hydrogens (tertiary/aromatic N) is 2. The van der Waals surface area contributed by atoms with Crippen molar-refractivity contribution in [2.75, 3.05) is 5.32 Å². The zero-order chi connectivity index (χ0) is 22.5. The second-order valence-electron chi connectivity index (χ2n) is 8.64. The number of hydrogen-bond acceptors (Lipinski definition) is 6. The van der Waals surface area contributed by atoms with Gasteiger partial charge in [-0.05, 0) is 42.8 Å². The number of benzene rings is 1. The number of hydrogen-bond donors (Lipinski definition) is 1. The molecule has 1 amide bonds. The van der Waals surface area contributed by atoms with Crippen molar-refractivity contribution in [2.45, 2.75) is 37.7 Å². The average molecular weight is 462 g/mol. The number of aromatic nitrogens is 2. The molecule has 2 aliphatic heterocycles. The van der Waals surface area contributed by atoms with Crippen molar-refractivity contribution in [3.8, 4) is 17.2 Å². The Morgan fingerprint density at radius 1 is 1.15 bits per heavy atom. The minimum atomic E-state index is -0.0339. The average Bonchev–Trinajstić information content (AvgIpc) is 3.30. The summed E-state index contributed by atoms with van der Waals surface area (Å²) in [5, 5.41) is 3.37. The van der Waals surface area contributed by atoms with Crippen LogP contribution in [-0.2, 0) is 22.4 Å². The minimum Gasteiger partial charge on any atom is -0.489 e. The van der Waals surface area contributed by atoms with E-state index in [1.807, 2.05) is 24.3 Å². The highest BCUT2D eigenvalue weighted by Gasteiger charge is 2.59. The van der Waals surface area contributed by atoms with Gasteiger partial charge in [0.1, 0.15) is 35.0 Å². The van der Waals surface area contributed by atoms with Crippen molar-refractivity contribution in [1.82, 2.24) is 9.97 Å². The van der Waals surface area contributed by atoms with E-state index in [9.17, 15) is 9.59 Å². The van der Waals surface area contributed by atoms with Crippen LogP contribution in [0.3, 0.4) is 0 Å². The fraction of sp³-hybridized carbons (Fsp3) is 0.280. The van der Waals surface area contributed by atoms with Crippen LogP contribution in [0.5, 0.6) is 17.2 Å². The predicted octanol–water partition coefficient (Wildman–Crippen LogP) is 4.48. The van der Waals surface area contributed by atoms with Crippen LogP contribution >= 0.6 is 11.6 Å². The Labute approximate surface area is 195 Å². The van der Waals surface area contributed by atoms with Crippen LogP contribution in [0.1, 0.15) is 35.6 Å². The Bertz CT molecular complexity index is 1290. The molecule has 6 rings (SSSR count). The lowest BCUT2D eigenvalue weighted by Gasteiger charge is -2.19. The molecule has 0 unspecified atom stereocenters. The first-order valence-corrected chi connectivity index (χ1v) is 11.3. The summed E-state index contributed by atoms with van der Waals surface area (Å²) >= 11 is 5.99. The van der Waals surface area contributed by atoms with Gasteiger partial charge in [0.15, 0.2) is 0 Å². The summed E-state index contributed by atoms with van der Waals surface area (Å²) in [6.45, 7) is 0. The van der Waals surface area contributed by atoms with Gasteiger partial charge in [0.2, 0.25) is 5.91 Å². The van der Waals surface area contributed by atoms with E-state index < -0.39 is 0 Å². The number of carbonyl (C=O) groups excluding carboxylic acids is 2. The van der Waals surface area contributed by atoms with E-state index in [2.05, 4.69) is 15.3 Å². The van der Waals surface area contributed by atoms with Gasteiger partial charge >= 0.3 is 0 Å². The summed E-state index contributed by atoms with van der Waals surface area (Å²) in [6, 6.07) is 11.0. The molecule has 2 aromatic heterocycles. The molecule has 1 fully saturated rings. The number of halogens is 1. The second kappa shape index (κ2) is 7.85. The number of fused-ring (bicyclic) bond motifs is 4. The van der Waals surface area contributed by atoms with E-state index in [1.165, 1.54) is 0 Å². The first-order valence-electron chi connectivity index (χ1n) is 10.9. The van der Waals surface area contributed by atoms with Crippen molar-refractivity contribution in [3.63, 3.8) is 0 Å². The van der Waals surface area contributed by atoms with Crippen LogP contribution < -0.4 is 14.8 Å². The number of carbonyl (C=O) groups is 2. The van der Waals surface area contributed by atoms with E-state index >= 15 is 0 Å². The minimum absolute atomic E-state index is 0.0339. The molecule has 3 atom stereocenters. The fourth-order valence-corrected chi connectivity index (χ4v) is 5.00. The van der Waals surface area contributed by atoms with Crippen molar-refractivity contribution >= 4 is 29.1 Å². The molecule has 3 aliphatic rings. The molecule has 166 valence electrons. The molecule has 0 spiro atoms. The van der Waals surface area contributed by atoms with Gasteiger partial charge in [0.25, 0.3) is 0 Å². The summed E-state index contributed by atoms with van der Waals surface area (Å²) in [7, 11) is 0. The number of Topliss-reactive ketones (excluding diaryl/α,β-unsaturated/α-hetero) is 1. The molecule has 1 N–H and O–H groups in total. The number of pyridine rings is 2. The molecule has 1 aliphatic carbocycles. The van der Waals surface area contributed by atoms with Gasteiger partial charge in [-0.2, -0.15) is 0 Å². The highest BCUT2D eigenvalue weighted by atomic mass is 35.5. The summed E-state index contributed by atoms with van der Waals surface area (Å²) in [5.74, 6) is 3.26. The van der Waals surface area contributed by atoms with Crippen LogP contribution in [0.4, 0.5) is 5.82 Å². The number of anilines is 1. The van der Waals surface area contributed by atoms with Crippen LogP contribution in [0, 0.1) is 5.92 Å². The summed E-state index contributed by atoms with van der Waals surface area (Å²) in [4.78, 5) is 32.7. The van der Waals surface area contributed by atoms with Crippen LogP contribution in [0.25, 0.3) is 0 Å². The molecule has 0 saturated heterocycles. The molecular weight excluding hydrogens is 442 g/mol. The summed E-state index contributed by atoms with van der Waals surface area (Å²) in [6.07, 6.45) is 5.01. The molecule has 0 radical (unpaired) electrons. The normalized spacial score (nSPS) is 21.8. The van der Waals surface area contributed by atoms with E-state index in [4.69, 9.17) is 21.1 Å². The van der Waals surface area contributed by atoms with Crippen molar-refractivity contribution < 1.29 is 19.1 Å². The molecule has 7 nitrogen and oxygen atoms in total. The fourth-order valence-electron chi connectivity index (χ4n) is 4.82. The molecule has 33 heavy (non-hydrogen) atoms. The molecular formula is C25H20ClN3O4. The molecule has 0 bridgehead atoms. The number of nitrogens with one attached hydrogen (secondary N) is 1. The number of ketones is 1. The summed E-state index contributed by atoms with van der Waals surface area (Å²) < 4.78 is 12.2. The van der Waals surface area contributed by atoms with Crippen molar-refractivity contribution in [2.24, 2.45) is 5.92 Å². The molecule has 1 saturated carbocycles. The van der Waals surface area contributed by atoms with Gasteiger partial charge in [-0.25, -0.2) is 4.98 Å².